The van der Waals surface area contributed by atoms with Crippen LogP contribution in [0.1, 0.15) is 33.3 Å². The average molecular weight is 283 g/mol. The smallest absolute Gasteiger partial charge is 0.314 e. The zero-order valence-corrected chi connectivity index (χ0v) is 12.8. The van der Waals surface area contributed by atoms with Crippen LogP contribution >= 0.6 is 11.6 Å². The van der Waals surface area contributed by atoms with Gasteiger partial charge in [-0.05, 0) is 17.5 Å². The van der Waals surface area contributed by atoms with Crippen molar-refractivity contribution < 1.29 is 4.79 Å². The molecule has 0 saturated carbocycles. The summed E-state index contributed by atoms with van der Waals surface area (Å²) in [5.74, 6) is 0.447. The number of halogens is 1. The Morgan fingerprint density at radius 1 is 1.26 bits per heavy atom. The van der Waals surface area contributed by atoms with Gasteiger partial charge in [-0.25, -0.2) is 4.79 Å². The molecule has 0 unspecified atom stereocenters. The predicted molar refractivity (Wildman–Crippen MR) is 80.7 cm³/mol. The van der Waals surface area contributed by atoms with E-state index in [0.717, 1.165) is 10.6 Å². The van der Waals surface area contributed by atoms with Crippen molar-refractivity contribution in [3.63, 3.8) is 0 Å². The molecule has 0 fully saturated rings. The molecule has 3 nitrogen and oxygen atoms in total. The van der Waals surface area contributed by atoms with Crippen LogP contribution in [0.4, 0.5) is 4.79 Å². The minimum atomic E-state index is -0.201. The summed E-state index contributed by atoms with van der Waals surface area (Å²) >= 11 is 6.20. The molecule has 1 aromatic carbocycles. The van der Waals surface area contributed by atoms with Gasteiger partial charge in [0.2, 0.25) is 0 Å². The molecule has 1 rings (SSSR count). The van der Waals surface area contributed by atoms with Gasteiger partial charge < -0.3 is 10.6 Å². The third-order valence-corrected chi connectivity index (χ3v) is 3.29. The molecule has 106 valence electrons. The maximum absolute atomic E-state index is 11.7. The van der Waals surface area contributed by atoms with Crippen molar-refractivity contribution in [2.75, 3.05) is 13.1 Å². The highest BCUT2D eigenvalue weighted by Gasteiger charge is 2.23. The molecular formula is C15H23ClN2O. The fraction of sp³-hybridized carbons (Fsp3) is 0.533. The quantitative estimate of drug-likeness (QED) is 0.852. The topological polar surface area (TPSA) is 41.1 Å². The molecule has 0 atom stereocenters. The number of urea groups is 1. The summed E-state index contributed by atoms with van der Waals surface area (Å²) in [6, 6.07) is 7.61. The first-order valence-corrected chi connectivity index (χ1v) is 6.97. The minimum Gasteiger partial charge on any atom is -0.338 e. The van der Waals surface area contributed by atoms with E-state index in [2.05, 4.69) is 38.3 Å². The lowest BCUT2D eigenvalue weighted by molar-refractivity contribution is 0.237. The van der Waals surface area contributed by atoms with E-state index in [9.17, 15) is 4.79 Å². The number of hydrogen-bond donors (Lipinski definition) is 2. The van der Waals surface area contributed by atoms with Gasteiger partial charge in [0.05, 0.1) is 0 Å². The maximum atomic E-state index is 11.7. The van der Waals surface area contributed by atoms with Gasteiger partial charge in [-0.1, -0.05) is 57.5 Å². The first kappa shape index (κ1) is 15.8. The summed E-state index contributed by atoms with van der Waals surface area (Å²) < 4.78 is 0. The third kappa shape index (κ3) is 5.11. The van der Waals surface area contributed by atoms with E-state index in [0.29, 0.717) is 19.0 Å². The van der Waals surface area contributed by atoms with Crippen molar-refractivity contribution in [3.05, 3.63) is 34.9 Å². The van der Waals surface area contributed by atoms with Crippen LogP contribution in [0.15, 0.2) is 24.3 Å². The molecule has 0 aliphatic rings. The lowest BCUT2D eigenvalue weighted by atomic mass is 9.84. The van der Waals surface area contributed by atoms with E-state index < -0.39 is 0 Å². The summed E-state index contributed by atoms with van der Waals surface area (Å²) in [4.78, 5) is 11.7. The first-order valence-electron chi connectivity index (χ1n) is 6.59. The number of benzene rings is 1. The number of nitrogens with one attached hydrogen (secondary N) is 2. The number of amides is 2. The number of hydrogen-bond acceptors (Lipinski definition) is 1. The molecule has 0 spiro atoms. The summed E-state index contributed by atoms with van der Waals surface area (Å²) in [5, 5.41) is 6.47. The van der Waals surface area contributed by atoms with Gasteiger partial charge in [0.1, 0.15) is 0 Å². The van der Waals surface area contributed by atoms with Crippen LogP contribution < -0.4 is 10.6 Å². The molecule has 0 aliphatic carbocycles. The van der Waals surface area contributed by atoms with Crippen molar-refractivity contribution in [3.8, 4) is 0 Å². The number of carbonyl (C=O) groups excluding carboxylic acids is 1. The zero-order chi connectivity index (χ0) is 14.5. The molecule has 0 bridgehead atoms. The highest BCUT2D eigenvalue weighted by atomic mass is 35.5. The van der Waals surface area contributed by atoms with Crippen molar-refractivity contribution >= 4 is 17.6 Å². The van der Waals surface area contributed by atoms with Gasteiger partial charge in [-0.3, -0.25) is 0 Å². The van der Waals surface area contributed by atoms with E-state index >= 15 is 0 Å². The van der Waals surface area contributed by atoms with Crippen LogP contribution in [0.25, 0.3) is 0 Å². The maximum Gasteiger partial charge on any atom is 0.314 e. The molecule has 19 heavy (non-hydrogen) atoms. The van der Waals surface area contributed by atoms with Crippen LogP contribution in [0.2, 0.25) is 5.02 Å². The Balaban J connectivity index is 2.56. The van der Waals surface area contributed by atoms with Crippen LogP contribution in [-0.2, 0) is 5.41 Å². The minimum absolute atomic E-state index is 0.131. The fourth-order valence-electron chi connectivity index (χ4n) is 1.77. The van der Waals surface area contributed by atoms with E-state index in [-0.39, 0.29) is 11.4 Å². The van der Waals surface area contributed by atoms with Crippen LogP contribution in [0, 0.1) is 5.92 Å². The summed E-state index contributed by atoms with van der Waals surface area (Å²) in [5.41, 5.74) is 0.842. The SMILES string of the molecule is CC(C)CNC(=O)NCC(C)(C)c1ccccc1Cl. The molecule has 0 aromatic heterocycles. The van der Waals surface area contributed by atoms with Gasteiger partial charge in [0.15, 0.2) is 0 Å². The van der Waals surface area contributed by atoms with Crippen molar-refractivity contribution in [1.29, 1.82) is 0 Å². The molecule has 0 aliphatic heterocycles. The van der Waals surface area contributed by atoms with Crippen LogP contribution in [0.5, 0.6) is 0 Å². The highest BCUT2D eigenvalue weighted by Crippen LogP contribution is 2.28. The summed E-state index contributed by atoms with van der Waals surface area (Å²) in [7, 11) is 0. The first-order chi connectivity index (χ1) is 8.83. The van der Waals surface area contributed by atoms with E-state index in [1.807, 2.05) is 24.3 Å². The van der Waals surface area contributed by atoms with Crippen LogP contribution in [-0.4, -0.2) is 19.1 Å². The lowest BCUT2D eigenvalue weighted by Crippen LogP contribution is -2.43. The zero-order valence-electron chi connectivity index (χ0n) is 12.1. The second-order valence-electron chi connectivity index (χ2n) is 5.82. The van der Waals surface area contributed by atoms with Crippen molar-refractivity contribution in [2.24, 2.45) is 5.92 Å². The molecule has 2 amide bonds. The second kappa shape index (κ2) is 6.80. The van der Waals surface area contributed by atoms with Gasteiger partial charge in [0.25, 0.3) is 0 Å². The summed E-state index contributed by atoms with van der Waals surface area (Å²) in [6.45, 7) is 9.48. The van der Waals surface area contributed by atoms with E-state index in [1.165, 1.54) is 0 Å². The normalized spacial score (nSPS) is 11.5. The Morgan fingerprint density at radius 2 is 1.89 bits per heavy atom. The van der Waals surface area contributed by atoms with Gasteiger partial charge in [-0.2, -0.15) is 0 Å². The summed E-state index contributed by atoms with van der Waals surface area (Å²) in [6.07, 6.45) is 0. The van der Waals surface area contributed by atoms with Gasteiger partial charge in [-0.15, -0.1) is 0 Å². The molecule has 0 heterocycles. The molecule has 2 N–H and O–H groups in total. The van der Waals surface area contributed by atoms with E-state index in [4.69, 9.17) is 11.6 Å². The van der Waals surface area contributed by atoms with Crippen LogP contribution in [0.3, 0.4) is 0 Å². The number of rotatable bonds is 5. The second-order valence-corrected chi connectivity index (χ2v) is 6.23. The highest BCUT2D eigenvalue weighted by molar-refractivity contribution is 6.31. The Kier molecular flexibility index (Phi) is 5.67. The average Bonchev–Trinajstić information content (AvgIpc) is 2.34. The largest absolute Gasteiger partial charge is 0.338 e. The van der Waals surface area contributed by atoms with Crippen molar-refractivity contribution in [1.82, 2.24) is 10.6 Å². The Morgan fingerprint density at radius 3 is 2.47 bits per heavy atom. The molecular weight excluding hydrogens is 260 g/mol. The monoisotopic (exact) mass is 282 g/mol. The third-order valence-electron chi connectivity index (χ3n) is 2.96. The molecule has 0 saturated heterocycles. The Hall–Kier alpha value is -1.22. The van der Waals surface area contributed by atoms with Gasteiger partial charge in [0, 0.05) is 23.5 Å². The lowest BCUT2D eigenvalue weighted by Gasteiger charge is -2.26. The fourth-order valence-corrected chi connectivity index (χ4v) is 2.16. The molecule has 1 aromatic rings. The molecule has 0 radical (unpaired) electrons. The van der Waals surface area contributed by atoms with Gasteiger partial charge >= 0.3 is 6.03 Å². The Bertz CT molecular complexity index is 430. The number of carbonyl (C=O) groups is 1. The van der Waals surface area contributed by atoms with E-state index in [1.54, 1.807) is 0 Å². The standard InChI is InChI=1S/C15H23ClN2O/c1-11(2)9-17-14(19)18-10-15(3,4)12-7-5-6-8-13(12)16/h5-8,11H,9-10H2,1-4H3,(H2,17,18,19). The Labute approximate surface area is 120 Å². The predicted octanol–water partition coefficient (Wildman–Crippen LogP) is 3.57. The van der Waals surface area contributed by atoms with Crippen molar-refractivity contribution in [2.45, 2.75) is 33.1 Å². The molecule has 4 heteroatoms.